The number of nitrogens with two attached hydrogens (primary N) is 1. The maximum Gasteiger partial charge on any atom is 0.318 e. The van der Waals surface area contributed by atoms with Crippen molar-refractivity contribution < 1.29 is 27.8 Å². The first-order valence-electron chi connectivity index (χ1n) is 11.9. The van der Waals surface area contributed by atoms with Crippen molar-refractivity contribution in [3.8, 4) is 11.5 Å². The van der Waals surface area contributed by atoms with E-state index in [0.717, 1.165) is 6.07 Å². The fourth-order valence-electron chi connectivity index (χ4n) is 4.91. The summed E-state index contributed by atoms with van der Waals surface area (Å²) >= 11 is 0. The van der Waals surface area contributed by atoms with E-state index in [1.165, 1.54) is 13.2 Å². The molecule has 3 N–H and O–H groups in total. The fourth-order valence-corrected chi connectivity index (χ4v) is 4.91. The number of rotatable bonds is 6. The molecule has 2 unspecified atom stereocenters. The molecule has 0 radical (unpaired) electrons. The van der Waals surface area contributed by atoms with Crippen LogP contribution in [0.1, 0.15) is 35.1 Å². The van der Waals surface area contributed by atoms with Gasteiger partial charge in [0.15, 0.2) is 11.6 Å². The molecule has 1 aliphatic rings. The molecule has 0 bridgehead atoms. The lowest BCUT2D eigenvalue weighted by Gasteiger charge is -2.29. The number of carbonyl (C=O) groups excluding carboxylic acids is 2. The molecule has 1 heterocycles. The normalized spacial score (nSPS) is 16.9. The summed E-state index contributed by atoms with van der Waals surface area (Å²) in [5.74, 6) is -3.01. The molecule has 4 aromatic rings. The predicted octanol–water partition coefficient (Wildman–Crippen LogP) is 5.55. The second-order valence-electron chi connectivity index (χ2n) is 9.01. The Hall–Kier alpha value is -4.72. The quantitative estimate of drug-likeness (QED) is 0.200. The molecule has 1 aliphatic heterocycles. The predicted molar refractivity (Wildman–Crippen MR) is 139 cm³/mol. The lowest BCUT2D eigenvalue weighted by Crippen LogP contribution is -2.37. The van der Waals surface area contributed by atoms with Gasteiger partial charge in [-0.3, -0.25) is 9.59 Å². The molecule has 192 valence electrons. The van der Waals surface area contributed by atoms with Crippen LogP contribution in [-0.4, -0.2) is 19.0 Å². The van der Waals surface area contributed by atoms with E-state index < -0.39 is 34.8 Å². The summed E-state index contributed by atoms with van der Waals surface area (Å²) in [4.78, 5) is 26.4. The van der Waals surface area contributed by atoms with E-state index in [9.17, 15) is 18.4 Å². The fraction of sp³-hybridized carbons (Fsp3) is 0.133. The van der Waals surface area contributed by atoms with Crippen molar-refractivity contribution in [3.05, 3.63) is 119 Å². The van der Waals surface area contributed by atoms with Crippen molar-refractivity contribution in [1.82, 2.24) is 0 Å². The molecule has 8 heteroatoms. The lowest BCUT2D eigenvalue weighted by molar-refractivity contribution is -0.135. The van der Waals surface area contributed by atoms with Crippen molar-refractivity contribution in [2.75, 3.05) is 18.2 Å². The molecule has 5 rings (SSSR count). The Balaban J connectivity index is 1.55. The summed E-state index contributed by atoms with van der Waals surface area (Å²) in [6.07, 6.45) is 0. The van der Waals surface area contributed by atoms with Gasteiger partial charge in [-0.2, -0.15) is 0 Å². The minimum atomic E-state index is -1.48. The van der Waals surface area contributed by atoms with Crippen molar-refractivity contribution in [2.45, 2.75) is 18.3 Å². The highest BCUT2D eigenvalue weighted by atomic mass is 19.2. The van der Waals surface area contributed by atoms with Crippen molar-refractivity contribution in [1.29, 1.82) is 0 Å². The van der Waals surface area contributed by atoms with Gasteiger partial charge in [-0.05, 0) is 60.0 Å². The number of anilines is 2. The van der Waals surface area contributed by atoms with Crippen LogP contribution in [0.3, 0.4) is 0 Å². The number of benzene rings is 4. The highest BCUT2D eigenvalue weighted by molar-refractivity contribution is 6.11. The third-order valence-corrected chi connectivity index (χ3v) is 6.92. The SMILES string of the molecule is COc1ccc(C2(c3ccc(OC(=O)C(C)c4ccccc4N)cc3)C(=O)Nc3c2ccc(F)c3F)cc1. The average Bonchev–Trinajstić information content (AvgIpc) is 3.24. The van der Waals surface area contributed by atoms with E-state index in [2.05, 4.69) is 5.32 Å². The standard InChI is InChI=1S/C30H24F2N2O4/c1-17(22-5-3-4-6-25(22)33)28(35)38-21-13-9-19(10-14-21)30(18-7-11-20(37-2)12-8-18)23-15-16-24(31)26(32)27(23)34-29(30)36/h3-17H,33H2,1-2H3,(H,34,36). The van der Waals surface area contributed by atoms with Crippen LogP contribution in [0.4, 0.5) is 20.2 Å². The molecule has 38 heavy (non-hydrogen) atoms. The number of hydrogen-bond donors (Lipinski definition) is 2. The molecule has 0 aromatic heterocycles. The Kier molecular flexibility index (Phi) is 6.32. The molecule has 0 fully saturated rings. The van der Waals surface area contributed by atoms with E-state index in [1.54, 1.807) is 79.7 Å². The van der Waals surface area contributed by atoms with E-state index in [1.807, 2.05) is 0 Å². The van der Waals surface area contributed by atoms with Crippen molar-refractivity contribution in [2.24, 2.45) is 0 Å². The topological polar surface area (TPSA) is 90.7 Å². The summed E-state index contributed by atoms with van der Waals surface area (Å²) in [5.41, 5.74) is 6.72. The second kappa shape index (κ2) is 9.63. The number of carbonyl (C=O) groups is 2. The summed E-state index contributed by atoms with van der Waals surface area (Å²) in [7, 11) is 1.52. The van der Waals surface area contributed by atoms with E-state index >= 15 is 0 Å². The van der Waals surface area contributed by atoms with Crippen molar-refractivity contribution >= 4 is 23.3 Å². The van der Waals surface area contributed by atoms with Gasteiger partial charge in [0.1, 0.15) is 16.9 Å². The number of fused-ring (bicyclic) bond motifs is 1. The lowest BCUT2D eigenvalue weighted by atomic mass is 9.70. The Bertz CT molecular complexity index is 1540. The number of nitrogens with one attached hydrogen (secondary N) is 1. The second-order valence-corrected chi connectivity index (χ2v) is 9.01. The molecule has 6 nitrogen and oxygen atoms in total. The molecule has 1 amide bonds. The van der Waals surface area contributed by atoms with Gasteiger partial charge in [0, 0.05) is 11.3 Å². The Labute approximate surface area is 218 Å². The van der Waals surface area contributed by atoms with Gasteiger partial charge in [-0.15, -0.1) is 0 Å². The van der Waals surface area contributed by atoms with Gasteiger partial charge in [-0.1, -0.05) is 48.5 Å². The number of halogens is 2. The van der Waals surface area contributed by atoms with Crippen molar-refractivity contribution in [3.63, 3.8) is 0 Å². The van der Waals surface area contributed by atoms with Crippen LogP contribution < -0.4 is 20.5 Å². The van der Waals surface area contributed by atoms with Gasteiger partial charge in [0.25, 0.3) is 0 Å². The van der Waals surface area contributed by atoms with Crippen LogP contribution in [0, 0.1) is 11.6 Å². The van der Waals surface area contributed by atoms with Crippen LogP contribution in [0.2, 0.25) is 0 Å². The molecule has 0 saturated carbocycles. The maximum atomic E-state index is 14.7. The van der Waals surface area contributed by atoms with Crippen LogP contribution in [0.5, 0.6) is 11.5 Å². The molecule has 0 spiro atoms. The molecular formula is C30H24F2N2O4. The largest absolute Gasteiger partial charge is 0.497 e. The van der Waals surface area contributed by atoms with Gasteiger partial charge < -0.3 is 20.5 Å². The van der Waals surface area contributed by atoms with Crippen LogP contribution in [0.15, 0.2) is 84.9 Å². The zero-order valence-electron chi connectivity index (χ0n) is 20.6. The first-order valence-corrected chi connectivity index (χ1v) is 11.9. The molecule has 0 aliphatic carbocycles. The number of amides is 1. The van der Waals surface area contributed by atoms with Gasteiger partial charge in [0.05, 0.1) is 18.7 Å². The molecule has 0 saturated heterocycles. The summed E-state index contributed by atoms with van der Waals surface area (Å²) in [6.45, 7) is 1.70. The smallest absolute Gasteiger partial charge is 0.318 e. The third kappa shape index (κ3) is 3.94. The summed E-state index contributed by atoms with van der Waals surface area (Å²) in [5, 5.41) is 2.53. The number of para-hydroxylation sites is 1. The van der Waals surface area contributed by atoms with E-state index in [-0.39, 0.29) is 17.0 Å². The number of ether oxygens (including phenoxy) is 2. The first-order chi connectivity index (χ1) is 18.3. The van der Waals surface area contributed by atoms with E-state index in [0.29, 0.717) is 28.1 Å². The number of methoxy groups -OCH3 is 1. The van der Waals surface area contributed by atoms with Crippen LogP contribution in [0.25, 0.3) is 0 Å². The minimum absolute atomic E-state index is 0.212. The van der Waals surface area contributed by atoms with Crippen LogP contribution in [-0.2, 0) is 15.0 Å². The van der Waals surface area contributed by atoms with Gasteiger partial charge in [0.2, 0.25) is 5.91 Å². The molecular weight excluding hydrogens is 490 g/mol. The zero-order valence-corrected chi connectivity index (χ0v) is 20.6. The first kappa shape index (κ1) is 25.0. The Morgan fingerprint density at radius 2 is 1.50 bits per heavy atom. The third-order valence-electron chi connectivity index (χ3n) is 6.92. The molecule has 2 atom stereocenters. The minimum Gasteiger partial charge on any atom is -0.497 e. The van der Waals surface area contributed by atoms with Gasteiger partial charge in [-0.25, -0.2) is 8.78 Å². The monoisotopic (exact) mass is 514 g/mol. The maximum absolute atomic E-state index is 14.7. The average molecular weight is 515 g/mol. The summed E-state index contributed by atoms with van der Waals surface area (Å²) < 4.78 is 39.6. The number of nitrogen functional groups attached to an aromatic ring is 1. The molecule has 4 aromatic carbocycles. The van der Waals surface area contributed by atoms with E-state index in [4.69, 9.17) is 15.2 Å². The Morgan fingerprint density at radius 3 is 2.11 bits per heavy atom. The van der Waals surface area contributed by atoms with Crippen LogP contribution >= 0.6 is 0 Å². The Morgan fingerprint density at radius 1 is 0.895 bits per heavy atom. The van der Waals surface area contributed by atoms with Gasteiger partial charge >= 0.3 is 5.97 Å². The highest BCUT2D eigenvalue weighted by Gasteiger charge is 2.51. The highest BCUT2D eigenvalue weighted by Crippen LogP contribution is 2.49. The summed E-state index contributed by atoms with van der Waals surface area (Å²) in [6, 6.07) is 22.6. The number of esters is 1. The number of hydrogen-bond acceptors (Lipinski definition) is 5. The zero-order chi connectivity index (χ0) is 27.0.